The van der Waals surface area contributed by atoms with Crippen LogP contribution in [0.5, 0.6) is 0 Å². The second-order valence-electron chi connectivity index (χ2n) is 9.12. The molecule has 1 heterocycles. The van der Waals surface area contributed by atoms with Gasteiger partial charge in [0.25, 0.3) is 0 Å². The number of amides is 2. The van der Waals surface area contributed by atoms with Gasteiger partial charge < -0.3 is 20.9 Å². The molecule has 2 amide bonds. The van der Waals surface area contributed by atoms with Crippen LogP contribution in [0.3, 0.4) is 0 Å². The normalized spacial score (nSPS) is 16.8. The van der Waals surface area contributed by atoms with Gasteiger partial charge in [0.2, 0.25) is 0 Å². The molecule has 4 N–H and O–H groups in total. The van der Waals surface area contributed by atoms with Crippen LogP contribution in [-0.2, 0) is 19.5 Å². The first-order valence-electron chi connectivity index (χ1n) is 11.4. The van der Waals surface area contributed by atoms with Crippen molar-refractivity contribution in [3.05, 3.63) is 101 Å². The molecule has 36 heavy (non-hydrogen) atoms. The van der Waals surface area contributed by atoms with Crippen molar-refractivity contribution in [2.75, 3.05) is 11.9 Å². The van der Waals surface area contributed by atoms with Crippen LogP contribution >= 0.6 is 0 Å². The summed E-state index contributed by atoms with van der Waals surface area (Å²) in [5, 5.41) is 25.9. The van der Waals surface area contributed by atoms with Crippen molar-refractivity contribution < 1.29 is 13.6 Å². The second-order valence-corrected chi connectivity index (χ2v) is 9.12. The predicted octanol–water partition coefficient (Wildman–Crippen LogP) is 4.50. The van der Waals surface area contributed by atoms with E-state index in [0.29, 0.717) is 42.9 Å². The zero-order valence-electron chi connectivity index (χ0n) is 19.7. The minimum absolute atomic E-state index is 0.253. The number of anilines is 1. The van der Waals surface area contributed by atoms with Crippen LogP contribution in [0.25, 0.3) is 0 Å². The third-order valence-electron chi connectivity index (χ3n) is 5.97. The molecular formula is C27H26F2N6O. The van der Waals surface area contributed by atoms with E-state index in [9.17, 15) is 13.6 Å². The second kappa shape index (κ2) is 10.4. The predicted molar refractivity (Wildman–Crippen MR) is 133 cm³/mol. The lowest BCUT2D eigenvalue weighted by Gasteiger charge is -2.24. The minimum Gasteiger partial charge on any atom is -0.349 e. The van der Waals surface area contributed by atoms with Crippen LogP contribution in [-0.4, -0.2) is 29.0 Å². The Hall–Kier alpha value is -4.45. The number of rotatable bonds is 7. The lowest BCUT2D eigenvalue weighted by atomic mass is 9.93. The van der Waals surface area contributed by atoms with Gasteiger partial charge in [0.05, 0.1) is 17.2 Å². The number of nitriles is 1. The average molecular weight is 489 g/mol. The summed E-state index contributed by atoms with van der Waals surface area (Å²) in [6.45, 7) is 3.24. The summed E-state index contributed by atoms with van der Waals surface area (Å²) in [6.07, 6.45) is 0.325. The average Bonchev–Trinajstić information content (AvgIpc) is 3.13. The van der Waals surface area contributed by atoms with Gasteiger partial charge in [-0.2, -0.15) is 5.26 Å². The van der Waals surface area contributed by atoms with Crippen LogP contribution < -0.4 is 16.0 Å². The van der Waals surface area contributed by atoms with Gasteiger partial charge in [-0.05, 0) is 54.3 Å². The molecule has 1 fully saturated rings. The topological polar surface area (TPSA) is 104 Å². The molecule has 0 radical (unpaired) electrons. The van der Waals surface area contributed by atoms with E-state index >= 15 is 0 Å². The van der Waals surface area contributed by atoms with E-state index < -0.39 is 17.2 Å². The maximum absolute atomic E-state index is 14.1. The maximum atomic E-state index is 14.1. The Morgan fingerprint density at radius 1 is 1.14 bits per heavy atom. The van der Waals surface area contributed by atoms with E-state index in [1.165, 1.54) is 12.1 Å². The van der Waals surface area contributed by atoms with E-state index in [2.05, 4.69) is 16.0 Å². The Morgan fingerprint density at radius 2 is 1.89 bits per heavy atom. The van der Waals surface area contributed by atoms with Crippen LogP contribution in [0.4, 0.5) is 19.3 Å². The van der Waals surface area contributed by atoms with E-state index in [1.54, 1.807) is 24.3 Å². The molecule has 4 rings (SSSR count). The lowest BCUT2D eigenvalue weighted by molar-refractivity contribution is 0.251. The summed E-state index contributed by atoms with van der Waals surface area (Å²) in [6, 6.07) is 19.6. The molecule has 1 atom stereocenters. The number of carbonyl (C=O) groups is 1. The number of nitrogens with one attached hydrogen (secondary N) is 4. The fraction of sp³-hybridized carbons (Fsp3) is 0.222. The van der Waals surface area contributed by atoms with Crippen molar-refractivity contribution in [3.8, 4) is 6.07 Å². The van der Waals surface area contributed by atoms with Gasteiger partial charge in [0, 0.05) is 31.4 Å². The highest BCUT2D eigenvalue weighted by molar-refractivity contribution is 5.89. The van der Waals surface area contributed by atoms with Gasteiger partial charge in [-0.3, -0.25) is 5.41 Å². The molecule has 3 aromatic rings. The molecule has 0 bridgehead atoms. The Balaban J connectivity index is 1.29. The molecule has 0 aromatic heterocycles. The van der Waals surface area contributed by atoms with Crippen LogP contribution in [0.2, 0.25) is 0 Å². The Bertz CT molecular complexity index is 1320. The van der Waals surface area contributed by atoms with E-state index in [0.717, 1.165) is 17.2 Å². The Labute approximate surface area is 208 Å². The number of hydrogen-bond acceptors (Lipinski definition) is 3. The molecule has 0 spiro atoms. The Morgan fingerprint density at radius 3 is 2.61 bits per heavy atom. The van der Waals surface area contributed by atoms with E-state index in [-0.39, 0.29) is 12.0 Å². The smallest absolute Gasteiger partial charge is 0.319 e. The molecule has 9 heteroatoms. The summed E-state index contributed by atoms with van der Waals surface area (Å²) in [4.78, 5) is 14.0. The monoisotopic (exact) mass is 488 g/mol. The molecule has 7 nitrogen and oxygen atoms in total. The molecule has 1 saturated heterocycles. The van der Waals surface area contributed by atoms with E-state index in [4.69, 9.17) is 10.7 Å². The largest absolute Gasteiger partial charge is 0.349 e. The molecule has 184 valence electrons. The number of halogens is 2. The zero-order valence-corrected chi connectivity index (χ0v) is 19.7. The van der Waals surface area contributed by atoms with Crippen LogP contribution in [0.15, 0.2) is 66.7 Å². The standard InChI is InChI=1S/C27H26F2N6O/c1-27(13-21-9-10-22(28)12-24(21)29)17-35(25(31)34-27)16-19-7-5-18(6-8-19)15-32-26(36)33-23-4-2-3-20(11-23)14-30/h2-12H,13,15-17H2,1H3,(H2,31,34)(H2,32,33,36)/t27-/m1/s1. The highest BCUT2D eigenvalue weighted by atomic mass is 19.1. The number of hydrogen-bond donors (Lipinski definition) is 4. The molecule has 1 aliphatic rings. The third kappa shape index (κ3) is 6.16. The first kappa shape index (κ1) is 24.7. The van der Waals surface area contributed by atoms with Crippen molar-refractivity contribution >= 4 is 17.7 Å². The van der Waals surface area contributed by atoms with Crippen molar-refractivity contribution in [3.63, 3.8) is 0 Å². The molecule has 0 unspecified atom stereocenters. The molecule has 0 aliphatic carbocycles. The maximum Gasteiger partial charge on any atom is 0.319 e. The highest BCUT2D eigenvalue weighted by Gasteiger charge is 2.37. The minimum atomic E-state index is -0.611. The van der Waals surface area contributed by atoms with Gasteiger partial charge in [0.15, 0.2) is 5.96 Å². The van der Waals surface area contributed by atoms with Crippen molar-refractivity contribution in [1.82, 2.24) is 15.5 Å². The summed E-state index contributed by atoms with van der Waals surface area (Å²) >= 11 is 0. The first-order valence-corrected chi connectivity index (χ1v) is 11.4. The van der Waals surface area contributed by atoms with E-state index in [1.807, 2.05) is 42.2 Å². The van der Waals surface area contributed by atoms with Gasteiger partial charge in [-0.25, -0.2) is 13.6 Å². The van der Waals surface area contributed by atoms with Gasteiger partial charge >= 0.3 is 6.03 Å². The quantitative estimate of drug-likeness (QED) is 0.393. The van der Waals surface area contributed by atoms with Crippen LogP contribution in [0.1, 0.15) is 29.2 Å². The third-order valence-corrected chi connectivity index (χ3v) is 5.97. The summed E-state index contributed by atoms with van der Waals surface area (Å²) in [5.41, 5.74) is 2.75. The number of guanidine groups is 1. The first-order chi connectivity index (χ1) is 17.2. The lowest BCUT2D eigenvalue weighted by Crippen LogP contribution is -2.42. The van der Waals surface area contributed by atoms with Crippen molar-refractivity contribution in [2.45, 2.75) is 32.0 Å². The molecule has 3 aromatic carbocycles. The van der Waals surface area contributed by atoms with Crippen LogP contribution in [0, 0.1) is 28.4 Å². The molecule has 1 aliphatic heterocycles. The fourth-order valence-electron chi connectivity index (χ4n) is 4.23. The number of carbonyl (C=O) groups excluding carboxylic acids is 1. The zero-order chi connectivity index (χ0) is 25.7. The number of benzene rings is 3. The van der Waals surface area contributed by atoms with Crippen molar-refractivity contribution in [1.29, 1.82) is 10.7 Å². The number of urea groups is 1. The molecule has 0 saturated carbocycles. The summed E-state index contributed by atoms with van der Waals surface area (Å²) in [5.74, 6) is -0.945. The number of nitrogens with zero attached hydrogens (tertiary/aromatic N) is 2. The highest BCUT2D eigenvalue weighted by Crippen LogP contribution is 2.24. The summed E-state index contributed by atoms with van der Waals surface area (Å²) < 4.78 is 27.4. The van der Waals surface area contributed by atoms with Crippen molar-refractivity contribution in [2.24, 2.45) is 0 Å². The summed E-state index contributed by atoms with van der Waals surface area (Å²) in [7, 11) is 0. The van der Waals surface area contributed by atoms with Gasteiger partial charge in [0.1, 0.15) is 11.6 Å². The fourth-order valence-corrected chi connectivity index (χ4v) is 4.23. The van der Waals surface area contributed by atoms with Gasteiger partial charge in [-0.15, -0.1) is 0 Å². The molecular weight excluding hydrogens is 462 g/mol. The Kier molecular flexibility index (Phi) is 7.15. The van der Waals surface area contributed by atoms with Gasteiger partial charge in [-0.1, -0.05) is 36.4 Å². The SMILES string of the molecule is C[C@@]1(Cc2ccc(F)cc2F)CN(Cc2ccc(CNC(=O)Nc3cccc(C#N)c3)cc2)C(=N)N1.